The van der Waals surface area contributed by atoms with E-state index in [1.807, 2.05) is 24.3 Å². The van der Waals surface area contributed by atoms with Crippen LogP contribution < -0.4 is 10.1 Å². The Morgan fingerprint density at radius 2 is 2.00 bits per heavy atom. The highest BCUT2D eigenvalue weighted by Crippen LogP contribution is 2.39. The average Bonchev–Trinajstić information content (AvgIpc) is 2.86. The third kappa shape index (κ3) is 2.47. The molecule has 21 heavy (non-hydrogen) atoms. The van der Waals surface area contributed by atoms with Crippen LogP contribution in [-0.2, 0) is 12.0 Å². The molecule has 0 amide bonds. The van der Waals surface area contributed by atoms with Gasteiger partial charge < -0.3 is 15.2 Å². The monoisotopic (exact) mass is 287 g/mol. The Kier molecular flexibility index (Phi) is 3.55. The zero-order valence-electron chi connectivity index (χ0n) is 11.9. The summed E-state index contributed by atoms with van der Waals surface area (Å²) in [5.74, 6) is 0.555. The van der Waals surface area contributed by atoms with Crippen molar-refractivity contribution in [2.75, 3.05) is 19.0 Å². The molecule has 3 rings (SSSR count). The van der Waals surface area contributed by atoms with Crippen molar-refractivity contribution in [1.29, 1.82) is 0 Å². The van der Waals surface area contributed by atoms with Gasteiger partial charge in [-0.05, 0) is 60.4 Å². The van der Waals surface area contributed by atoms with Crippen molar-refractivity contribution >= 4 is 5.69 Å². The highest BCUT2D eigenvalue weighted by atomic mass is 19.1. The van der Waals surface area contributed by atoms with Gasteiger partial charge in [0.1, 0.15) is 11.6 Å². The normalized spacial score (nSPS) is 20.1. The fraction of sp³-hybridized carbons (Fsp3) is 0.294. The zero-order valence-corrected chi connectivity index (χ0v) is 11.9. The number of aliphatic hydroxyl groups excluding tert-OH is 1. The van der Waals surface area contributed by atoms with Crippen molar-refractivity contribution in [3.05, 3.63) is 59.4 Å². The minimum Gasteiger partial charge on any atom is -0.497 e. The molecule has 2 aromatic carbocycles. The summed E-state index contributed by atoms with van der Waals surface area (Å²) in [5.41, 5.74) is 2.30. The molecule has 2 N–H and O–H groups in total. The maximum absolute atomic E-state index is 13.3. The number of hydrogen-bond acceptors (Lipinski definition) is 3. The first kappa shape index (κ1) is 13.9. The van der Waals surface area contributed by atoms with Gasteiger partial charge in [0.05, 0.1) is 19.3 Å². The first-order valence-electron chi connectivity index (χ1n) is 6.99. The van der Waals surface area contributed by atoms with Crippen LogP contribution in [0, 0.1) is 5.82 Å². The number of rotatable bonds is 4. The molecular weight excluding hydrogens is 269 g/mol. The molecule has 1 unspecified atom stereocenters. The number of anilines is 1. The summed E-state index contributed by atoms with van der Waals surface area (Å²) in [7, 11) is 1.62. The summed E-state index contributed by atoms with van der Waals surface area (Å²) >= 11 is 0. The van der Waals surface area contributed by atoms with Crippen LogP contribution in [0.25, 0.3) is 0 Å². The van der Waals surface area contributed by atoms with Crippen molar-refractivity contribution < 1.29 is 14.2 Å². The summed E-state index contributed by atoms with van der Waals surface area (Å²) in [4.78, 5) is 0. The summed E-state index contributed by atoms with van der Waals surface area (Å²) < 4.78 is 18.5. The molecule has 1 aliphatic carbocycles. The van der Waals surface area contributed by atoms with Gasteiger partial charge in [-0.2, -0.15) is 0 Å². The molecule has 0 aromatic heterocycles. The Balaban J connectivity index is 1.92. The molecule has 2 aromatic rings. The standard InChI is InChI=1S/C17H18FNO2/c1-21-15-5-3-14(4-6-15)19-17(11-20)9-8-12-10-13(18)2-7-16(12)17/h2-7,10,19-20H,8-9,11H2,1H3. The van der Waals surface area contributed by atoms with Gasteiger partial charge >= 0.3 is 0 Å². The smallest absolute Gasteiger partial charge is 0.123 e. The van der Waals surface area contributed by atoms with E-state index < -0.39 is 5.54 Å². The second kappa shape index (κ2) is 5.37. The van der Waals surface area contributed by atoms with E-state index in [0.29, 0.717) is 0 Å². The van der Waals surface area contributed by atoms with Gasteiger partial charge in [-0.1, -0.05) is 6.07 Å². The summed E-state index contributed by atoms with van der Waals surface area (Å²) in [6.45, 7) is -0.0301. The molecule has 1 atom stereocenters. The van der Waals surface area contributed by atoms with Gasteiger partial charge in [-0.25, -0.2) is 4.39 Å². The Morgan fingerprint density at radius 3 is 2.67 bits per heavy atom. The quantitative estimate of drug-likeness (QED) is 0.908. The lowest BCUT2D eigenvalue weighted by molar-refractivity contribution is 0.211. The Labute approximate surface area is 123 Å². The topological polar surface area (TPSA) is 41.5 Å². The van der Waals surface area contributed by atoms with Gasteiger partial charge in [0.15, 0.2) is 0 Å². The number of fused-ring (bicyclic) bond motifs is 1. The summed E-state index contributed by atoms with van der Waals surface area (Å²) in [6, 6.07) is 12.3. The maximum atomic E-state index is 13.3. The van der Waals surface area contributed by atoms with Gasteiger partial charge in [-0.3, -0.25) is 0 Å². The van der Waals surface area contributed by atoms with Gasteiger partial charge in [0, 0.05) is 5.69 Å². The van der Waals surface area contributed by atoms with Crippen molar-refractivity contribution in [2.24, 2.45) is 0 Å². The third-order valence-corrected chi connectivity index (χ3v) is 4.15. The van der Waals surface area contributed by atoms with Crippen molar-refractivity contribution in [1.82, 2.24) is 0 Å². The highest BCUT2D eigenvalue weighted by molar-refractivity contribution is 5.53. The largest absolute Gasteiger partial charge is 0.497 e. The molecule has 0 radical (unpaired) electrons. The molecule has 0 heterocycles. The predicted octanol–water partition coefficient (Wildman–Crippen LogP) is 3.08. The van der Waals surface area contributed by atoms with Crippen LogP contribution in [0.15, 0.2) is 42.5 Å². The van der Waals surface area contributed by atoms with Crippen LogP contribution in [0.1, 0.15) is 17.5 Å². The van der Waals surface area contributed by atoms with E-state index in [2.05, 4.69) is 5.32 Å². The molecule has 3 nitrogen and oxygen atoms in total. The van der Waals surface area contributed by atoms with Gasteiger partial charge in [0.2, 0.25) is 0 Å². The second-order valence-corrected chi connectivity index (χ2v) is 5.40. The molecule has 0 bridgehead atoms. The molecule has 0 aliphatic heterocycles. The van der Waals surface area contributed by atoms with E-state index in [9.17, 15) is 9.50 Å². The second-order valence-electron chi connectivity index (χ2n) is 5.40. The summed E-state index contributed by atoms with van der Waals surface area (Å²) in [6.07, 6.45) is 1.51. The minimum absolute atomic E-state index is 0.0301. The zero-order chi connectivity index (χ0) is 14.9. The van der Waals surface area contributed by atoms with Crippen LogP contribution in [0.5, 0.6) is 5.75 Å². The molecule has 0 saturated carbocycles. The van der Waals surface area contributed by atoms with E-state index in [1.54, 1.807) is 19.2 Å². The van der Waals surface area contributed by atoms with Crippen LogP contribution in [0.2, 0.25) is 0 Å². The highest BCUT2D eigenvalue weighted by Gasteiger charge is 2.38. The number of ether oxygens (including phenoxy) is 1. The Morgan fingerprint density at radius 1 is 1.24 bits per heavy atom. The minimum atomic E-state index is -0.544. The molecule has 4 heteroatoms. The molecule has 110 valence electrons. The van der Waals surface area contributed by atoms with Crippen molar-refractivity contribution in [3.63, 3.8) is 0 Å². The number of aryl methyl sites for hydroxylation is 1. The average molecular weight is 287 g/mol. The number of aliphatic hydroxyl groups is 1. The summed E-state index contributed by atoms with van der Waals surface area (Å²) in [5, 5.41) is 13.3. The van der Waals surface area contributed by atoms with Crippen LogP contribution >= 0.6 is 0 Å². The number of nitrogens with one attached hydrogen (secondary N) is 1. The van der Waals surface area contributed by atoms with Crippen LogP contribution in [0.4, 0.5) is 10.1 Å². The van der Waals surface area contributed by atoms with E-state index in [0.717, 1.165) is 35.4 Å². The van der Waals surface area contributed by atoms with E-state index in [-0.39, 0.29) is 12.4 Å². The van der Waals surface area contributed by atoms with Gasteiger partial charge in [0.25, 0.3) is 0 Å². The van der Waals surface area contributed by atoms with Gasteiger partial charge in [-0.15, -0.1) is 0 Å². The molecule has 1 aliphatic rings. The third-order valence-electron chi connectivity index (χ3n) is 4.15. The number of halogens is 1. The predicted molar refractivity (Wildman–Crippen MR) is 80.1 cm³/mol. The number of benzene rings is 2. The lowest BCUT2D eigenvalue weighted by Crippen LogP contribution is -2.36. The number of hydrogen-bond donors (Lipinski definition) is 2. The van der Waals surface area contributed by atoms with E-state index in [1.165, 1.54) is 6.07 Å². The van der Waals surface area contributed by atoms with E-state index in [4.69, 9.17) is 4.74 Å². The van der Waals surface area contributed by atoms with E-state index >= 15 is 0 Å². The number of methoxy groups -OCH3 is 1. The Hall–Kier alpha value is -2.07. The maximum Gasteiger partial charge on any atom is 0.123 e. The first-order valence-corrected chi connectivity index (χ1v) is 6.99. The lowest BCUT2D eigenvalue weighted by atomic mass is 9.92. The molecule has 0 fully saturated rings. The molecule has 0 saturated heterocycles. The molecule has 0 spiro atoms. The fourth-order valence-electron chi connectivity index (χ4n) is 3.00. The lowest BCUT2D eigenvalue weighted by Gasteiger charge is -2.31. The van der Waals surface area contributed by atoms with Crippen molar-refractivity contribution in [2.45, 2.75) is 18.4 Å². The first-order chi connectivity index (χ1) is 10.2. The van der Waals surface area contributed by atoms with Crippen LogP contribution in [-0.4, -0.2) is 18.8 Å². The fourth-order valence-corrected chi connectivity index (χ4v) is 3.00. The Bertz CT molecular complexity index is 642. The van der Waals surface area contributed by atoms with Crippen molar-refractivity contribution in [3.8, 4) is 5.75 Å². The van der Waals surface area contributed by atoms with Crippen LogP contribution in [0.3, 0.4) is 0 Å². The molecular formula is C17H18FNO2. The SMILES string of the molecule is COc1ccc(NC2(CO)CCc3cc(F)ccc32)cc1.